The molecular formula is C16H24N2O. The molecule has 2 N–H and O–H groups in total. The summed E-state index contributed by atoms with van der Waals surface area (Å²) in [6, 6.07) is 6.16. The maximum atomic E-state index is 12.4. The molecule has 1 aliphatic heterocycles. The fraction of sp³-hybridized carbons (Fsp3) is 0.562. The number of aryl methyl sites for hydroxylation is 2. The molecule has 19 heavy (non-hydrogen) atoms. The molecule has 0 aliphatic carbocycles. The van der Waals surface area contributed by atoms with Crippen molar-refractivity contribution < 1.29 is 4.79 Å². The van der Waals surface area contributed by atoms with Crippen molar-refractivity contribution in [2.75, 3.05) is 18.4 Å². The summed E-state index contributed by atoms with van der Waals surface area (Å²) in [4.78, 5) is 12.4. The SMILES string of the molecule is CCc1cc(NC(=O)C2(C)CCCNC2)ccc1C. The molecule has 0 saturated carbocycles. The van der Waals surface area contributed by atoms with Crippen molar-refractivity contribution in [1.82, 2.24) is 5.32 Å². The third-order valence-electron chi connectivity index (χ3n) is 4.13. The summed E-state index contributed by atoms with van der Waals surface area (Å²) in [5.74, 6) is 0.130. The quantitative estimate of drug-likeness (QED) is 0.877. The molecular weight excluding hydrogens is 236 g/mol. The maximum absolute atomic E-state index is 12.4. The average Bonchev–Trinajstić information content (AvgIpc) is 2.41. The third kappa shape index (κ3) is 3.16. The van der Waals surface area contributed by atoms with Gasteiger partial charge in [0, 0.05) is 12.2 Å². The number of benzene rings is 1. The van der Waals surface area contributed by atoms with Crippen molar-refractivity contribution in [3.63, 3.8) is 0 Å². The van der Waals surface area contributed by atoms with E-state index in [2.05, 4.69) is 36.6 Å². The molecule has 2 rings (SSSR count). The van der Waals surface area contributed by atoms with Crippen LogP contribution in [0.25, 0.3) is 0 Å². The van der Waals surface area contributed by atoms with Crippen molar-refractivity contribution in [2.45, 2.75) is 40.0 Å². The Hall–Kier alpha value is -1.35. The van der Waals surface area contributed by atoms with Gasteiger partial charge in [0.2, 0.25) is 5.91 Å². The van der Waals surface area contributed by atoms with E-state index in [4.69, 9.17) is 0 Å². The summed E-state index contributed by atoms with van der Waals surface area (Å²) in [6.45, 7) is 8.08. The fourth-order valence-electron chi connectivity index (χ4n) is 2.66. The van der Waals surface area contributed by atoms with Crippen LogP contribution in [0.5, 0.6) is 0 Å². The molecule has 1 atom stereocenters. The number of carbonyl (C=O) groups is 1. The minimum atomic E-state index is -0.282. The van der Waals surface area contributed by atoms with Crippen LogP contribution < -0.4 is 10.6 Å². The van der Waals surface area contributed by atoms with Gasteiger partial charge in [-0.15, -0.1) is 0 Å². The number of piperidine rings is 1. The highest BCUT2D eigenvalue weighted by Gasteiger charge is 2.34. The first-order valence-corrected chi connectivity index (χ1v) is 7.17. The topological polar surface area (TPSA) is 41.1 Å². The van der Waals surface area contributed by atoms with Crippen LogP contribution in [0.2, 0.25) is 0 Å². The number of rotatable bonds is 3. The number of anilines is 1. The largest absolute Gasteiger partial charge is 0.326 e. The highest BCUT2D eigenvalue weighted by molar-refractivity contribution is 5.95. The van der Waals surface area contributed by atoms with E-state index in [-0.39, 0.29) is 11.3 Å². The molecule has 1 saturated heterocycles. The Morgan fingerprint density at radius 3 is 2.89 bits per heavy atom. The summed E-state index contributed by atoms with van der Waals surface area (Å²) < 4.78 is 0. The van der Waals surface area contributed by atoms with Gasteiger partial charge in [-0.3, -0.25) is 4.79 Å². The molecule has 3 nitrogen and oxygen atoms in total. The molecule has 1 fully saturated rings. The lowest BCUT2D eigenvalue weighted by Gasteiger charge is -2.32. The molecule has 104 valence electrons. The lowest BCUT2D eigenvalue weighted by Crippen LogP contribution is -2.46. The number of hydrogen-bond acceptors (Lipinski definition) is 2. The van der Waals surface area contributed by atoms with Crippen molar-refractivity contribution in [3.8, 4) is 0 Å². The summed E-state index contributed by atoms with van der Waals surface area (Å²) in [5.41, 5.74) is 3.21. The summed E-state index contributed by atoms with van der Waals surface area (Å²) in [7, 11) is 0. The van der Waals surface area contributed by atoms with E-state index in [0.29, 0.717) is 0 Å². The van der Waals surface area contributed by atoms with Gasteiger partial charge in [0.25, 0.3) is 0 Å². The molecule has 1 amide bonds. The van der Waals surface area contributed by atoms with Crippen LogP contribution in [0.4, 0.5) is 5.69 Å². The van der Waals surface area contributed by atoms with Gasteiger partial charge in [-0.2, -0.15) is 0 Å². The predicted molar refractivity (Wildman–Crippen MR) is 79.4 cm³/mol. The van der Waals surface area contributed by atoms with E-state index in [1.165, 1.54) is 11.1 Å². The first-order chi connectivity index (χ1) is 9.05. The van der Waals surface area contributed by atoms with Crippen LogP contribution in [0.15, 0.2) is 18.2 Å². The van der Waals surface area contributed by atoms with Crippen LogP contribution in [-0.4, -0.2) is 19.0 Å². The highest BCUT2D eigenvalue weighted by Crippen LogP contribution is 2.27. The Kier molecular flexibility index (Phi) is 4.25. The van der Waals surface area contributed by atoms with E-state index in [9.17, 15) is 4.79 Å². The van der Waals surface area contributed by atoms with Crippen LogP contribution in [0.1, 0.15) is 37.8 Å². The lowest BCUT2D eigenvalue weighted by atomic mass is 9.82. The van der Waals surface area contributed by atoms with E-state index in [1.54, 1.807) is 0 Å². The van der Waals surface area contributed by atoms with E-state index in [0.717, 1.165) is 38.0 Å². The molecule has 3 heteroatoms. The van der Waals surface area contributed by atoms with E-state index in [1.807, 2.05) is 13.0 Å². The normalized spacial score (nSPS) is 23.1. The standard InChI is InChI=1S/C16H24N2O/c1-4-13-10-14(7-6-12(13)2)18-15(19)16(3)8-5-9-17-11-16/h6-7,10,17H,4-5,8-9,11H2,1-3H3,(H,18,19). The monoisotopic (exact) mass is 260 g/mol. The lowest BCUT2D eigenvalue weighted by molar-refractivity contribution is -0.125. The maximum Gasteiger partial charge on any atom is 0.231 e. The number of nitrogens with one attached hydrogen (secondary N) is 2. The zero-order valence-electron chi connectivity index (χ0n) is 12.2. The minimum absolute atomic E-state index is 0.130. The molecule has 0 radical (unpaired) electrons. The van der Waals surface area contributed by atoms with E-state index < -0.39 is 0 Å². The van der Waals surface area contributed by atoms with Crippen LogP contribution in [0.3, 0.4) is 0 Å². The van der Waals surface area contributed by atoms with E-state index >= 15 is 0 Å². The van der Waals surface area contributed by atoms with Gasteiger partial charge >= 0.3 is 0 Å². The molecule has 1 unspecified atom stereocenters. The molecule has 1 aliphatic rings. The van der Waals surface area contributed by atoms with Crippen molar-refractivity contribution in [1.29, 1.82) is 0 Å². The summed E-state index contributed by atoms with van der Waals surface area (Å²) in [5, 5.41) is 6.39. The highest BCUT2D eigenvalue weighted by atomic mass is 16.2. The van der Waals surface area contributed by atoms with Crippen LogP contribution >= 0.6 is 0 Å². The Morgan fingerprint density at radius 1 is 1.47 bits per heavy atom. The molecule has 1 heterocycles. The van der Waals surface area contributed by atoms with Gasteiger partial charge in [-0.05, 0) is 62.9 Å². The zero-order valence-corrected chi connectivity index (χ0v) is 12.2. The van der Waals surface area contributed by atoms with Gasteiger partial charge in [0.1, 0.15) is 0 Å². The fourth-order valence-corrected chi connectivity index (χ4v) is 2.66. The summed E-state index contributed by atoms with van der Waals surface area (Å²) >= 11 is 0. The Balaban J connectivity index is 2.10. The zero-order chi connectivity index (χ0) is 13.9. The second-order valence-corrected chi connectivity index (χ2v) is 5.79. The summed E-state index contributed by atoms with van der Waals surface area (Å²) in [6.07, 6.45) is 3.02. The molecule has 0 spiro atoms. The van der Waals surface area contributed by atoms with Gasteiger partial charge in [0.15, 0.2) is 0 Å². The predicted octanol–water partition coefficient (Wildman–Crippen LogP) is 2.89. The van der Waals surface area contributed by atoms with Gasteiger partial charge in [-0.1, -0.05) is 13.0 Å². The minimum Gasteiger partial charge on any atom is -0.326 e. The second kappa shape index (κ2) is 5.74. The number of amides is 1. The van der Waals surface area contributed by atoms with Crippen molar-refractivity contribution in [2.24, 2.45) is 5.41 Å². The van der Waals surface area contributed by atoms with Gasteiger partial charge in [0.05, 0.1) is 5.41 Å². The Bertz CT molecular complexity index is 462. The van der Waals surface area contributed by atoms with Crippen LogP contribution in [-0.2, 0) is 11.2 Å². The molecule has 0 bridgehead atoms. The molecule has 0 aromatic heterocycles. The third-order valence-corrected chi connectivity index (χ3v) is 4.13. The number of hydrogen-bond donors (Lipinski definition) is 2. The smallest absolute Gasteiger partial charge is 0.231 e. The van der Waals surface area contributed by atoms with Crippen molar-refractivity contribution in [3.05, 3.63) is 29.3 Å². The van der Waals surface area contributed by atoms with Crippen LogP contribution in [0, 0.1) is 12.3 Å². The second-order valence-electron chi connectivity index (χ2n) is 5.79. The van der Waals surface area contributed by atoms with Gasteiger partial charge in [-0.25, -0.2) is 0 Å². The molecule has 1 aromatic carbocycles. The Morgan fingerprint density at radius 2 is 2.26 bits per heavy atom. The average molecular weight is 260 g/mol. The first kappa shape index (κ1) is 14.1. The number of carbonyl (C=O) groups excluding carboxylic acids is 1. The van der Waals surface area contributed by atoms with Gasteiger partial charge < -0.3 is 10.6 Å². The Labute approximate surface area is 115 Å². The first-order valence-electron chi connectivity index (χ1n) is 7.17. The molecule has 1 aromatic rings. The van der Waals surface area contributed by atoms with Crippen molar-refractivity contribution >= 4 is 11.6 Å².